The Hall–Kier alpha value is -2.93. The molecule has 0 amide bonds. The van der Waals surface area contributed by atoms with Gasteiger partial charge in [0.2, 0.25) is 0 Å². The number of benzene rings is 1. The van der Waals surface area contributed by atoms with Gasteiger partial charge in [0.1, 0.15) is 0 Å². The number of rotatable bonds is 4. The van der Waals surface area contributed by atoms with E-state index >= 15 is 0 Å². The van der Waals surface area contributed by atoms with Gasteiger partial charge in [-0.15, -0.1) is 0 Å². The van der Waals surface area contributed by atoms with Crippen LogP contribution in [0.15, 0.2) is 64.8 Å². The molecule has 4 aromatic rings. The van der Waals surface area contributed by atoms with Crippen LogP contribution in [0.25, 0.3) is 16.8 Å². The van der Waals surface area contributed by atoms with Gasteiger partial charge in [0.25, 0.3) is 5.56 Å². The summed E-state index contributed by atoms with van der Waals surface area (Å²) in [6.45, 7) is 1.95. The number of aryl methyl sites for hydroxylation is 1. The van der Waals surface area contributed by atoms with Crippen molar-refractivity contribution in [3.63, 3.8) is 0 Å². The fraction of sp³-hybridized carbons (Fsp3) is 0.111. The normalized spacial score (nSPS) is 11.1. The zero-order valence-corrected chi connectivity index (χ0v) is 14.3. The molecule has 3 heterocycles. The quantitative estimate of drug-likeness (QED) is 0.453. The molecular formula is C18H15N5OS. The van der Waals surface area contributed by atoms with Crippen LogP contribution in [0.1, 0.15) is 11.4 Å². The molecule has 3 aromatic heterocycles. The van der Waals surface area contributed by atoms with Crippen molar-refractivity contribution >= 4 is 17.4 Å². The van der Waals surface area contributed by atoms with Gasteiger partial charge in [0.05, 0.1) is 5.69 Å². The largest absolute Gasteiger partial charge is 0.293 e. The average Bonchev–Trinajstić information content (AvgIpc) is 2.98. The number of thioether (sulfide) groups is 1. The van der Waals surface area contributed by atoms with Gasteiger partial charge in [-0.1, -0.05) is 42.1 Å². The lowest BCUT2D eigenvalue weighted by Crippen LogP contribution is -2.15. The third-order valence-corrected chi connectivity index (χ3v) is 4.71. The highest BCUT2D eigenvalue weighted by atomic mass is 32.2. The molecule has 0 saturated heterocycles. The summed E-state index contributed by atoms with van der Waals surface area (Å²) in [7, 11) is 0. The second-order valence-electron chi connectivity index (χ2n) is 5.54. The molecule has 4 rings (SSSR count). The van der Waals surface area contributed by atoms with E-state index in [2.05, 4.69) is 15.1 Å². The molecular weight excluding hydrogens is 334 g/mol. The average molecular weight is 349 g/mol. The maximum Gasteiger partial charge on any atom is 0.272 e. The highest BCUT2D eigenvalue weighted by Crippen LogP contribution is 2.26. The molecule has 0 aliphatic carbocycles. The lowest BCUT2D eigenvalue weighted by Gasteiger charge is -2.03. The Balaban J connectivity index is 1.77. The van der Waals surface area contributed by atoms with Gasteiger partial charge < -0.3 is 0 Å². The predicted molar refractivity (Wildman–Crippen MR) is 97.6 cm³/mol. The van der Waals surface area contributed by atoms with Crippen LogP contribution in [0.3, 0.4) is 0 Å². The molecule has 0 spiro atoms. The Bertz CT molecular complexity index is 1070. The number of hydrogen-bond donors (Lipinski definition) is 1. The Morgan fingerprint density at radius 2 is 1.88 bits per heavy atom. The van der Waals surface area contributed by atoms with Crippen LogP contribution in [-0.4, -0.2) is 24.6 Å². The summed E-state index contributed by atoms with van der Waals surface area (Å²) in [5, 5.41) is 3.77. The monoisotopic (exact) mass is 349 g/mol. The first kappa shape index (κ1) is 15.6. The topological polar surface area (TPSA) is 75.9 Å². The van der Waals surface area contributed by atoms with E-state index in [0.717, 1.165) is 16.8 Å². The molecule has 6 nitrogen and oxygen atoms in total. The van der Waals surface area contributed by atoms with Crippen molar-refractivity contribution in [3.05, 3.63) is 76.6 Å². The molecule has 1 aromatic carbocycles. The fourth-order valence-electron chi connectivity index (χ4n) is 2.72. The zero-order valence-electron chi connectivity index (χ0n) is 13.5. The van der Waals surface area contributed by atoms with Crippen LogP contribution in [0.5, 0.6) is 0 Å². The summed E-state index contributed by atoms with van der Waals surface area (Å²) in [4.78, 5) is 25.5. The van der Waals surface area contributed by atoms with E-state index in [1.165, 1.54) is 16.3 Å². The van der Waals surface area contributed by atoms with E-state index in [1.807, 2.05) is 37.3 Å². The van der Waals surface area contributed by atoms with Crippen LogP contribution in [0.2, 0.25) is 0 Å². The van der Waals surface area contributed by atoms with E-state index in [9.17, 15) is 4.79 Å². The maximum atomic E-state index is 12.5. The Morgan fingerprint density at radius 3 is 2.64 bits per heavy atom. The Kier molecular flexibility index (Phi) is 4.07. The third kappa shape index (κ3) is 3.06. The van der Waals surface area contributed by atoms with Crippen molar-refractivity contribution in [3.8, 4) is 11.1 Å². The SMILES string of the molecule is Cc1[nH]n2c(=O)cc(CSc3ncccn3)nc2c1-c1ccccc1. The van der Waals surface area contributed by atoms with E-state index in [-0.39, 0.29) is 5.56 Å². The lowest BCUT2D eigenvalue weighted by molar-refractivity contribution is 0.871. The molecule has 0 aliphatic heterocycles. The second-order valence-corrected chi connectivity index (χ2v) is 6.49. The molecule has 0 fully saturated rings. The minimum atomic E-state index is -0.125. The molecule has 0 atom stereocenters. The standard InChI is InChI=1S/C18H15N5OS/c1-12-16(13-6-3-2-4-7-13)17-21-14(10-15(24)23(17)22-12)11-25-18-19-8-5-9-20-18/h2-10,22H,11H2,1H3. The maximum absolute atomic E-state index is 12.5. The van der Waals surface area contributed by atoms with Crippen LogP contribution in [-0.2, 0) is 5.75 Å². The first-order chi connectivity index (χ1) is 12.2. The number of nitrogens with one attached hydrogen (secondary N) is 1. The van der Waals surface area contributed by atoms with Gasteiger partial charge in [0.15, 0.2) is 10.8 Å². The minimum absolute atomic E-state index is 0.125. The molecule has 1 N–H and O–H groups in total. The number of aromatic nitrogens is 5. The van der Waals surface area contributed by atoms with Gasteiger partial charge in [-0.3, -0.25) is 9.89 Å². The molecule has 0 aliphatic rings. The fourth-order valence-corrected chi connectivity index (χ4v) is 3.42. The van der Waals surface area contributed by atoms with Gasteiger partial charge in [-0.2, -0.15) is 0 Å². The van der Waals surface area contributed by atoms with Gasteiger partial charge in [0, 0.05) is 35.5 Å². The molecule has 25 heavy (non-hydrogen) atoms. The summed E-state index contributed by atoms with van der Waals surface area (Å²) in [5.41, 5.74) is 4.11. The number of H-pyrrole nitrogens is 1. The van der Waals surface area contributed by atoms with Crippen LogP contribution in [0.4, 0.5) is 0 Å². The third-order valence-electron chi connectivity index (χ3n) is 3.80. The van der Waals surface area contributed by atoms with E-state index in [4.69, 9.17) is 4.98 Å². The summed E-state index contributed by atoms with van der Waals surface area (Å²) < 4.78 is 1.49. The molecule has 0 radical (unpaired) electrons. The van der Waals surface area contributed by atoms with Crippen LogP contribution < -0.4 is 5.56 Å². The Morgan fingerprint density at radius 1 is 1.12 bits per heavy atom. The van der Waals surface area contributed by atoms with Gasteiger partial charge in [-0.25, -0.2) is 19.5 Å². The van der Waals surface area contributed by atoms with Crippen LogP contribution in [0, 0.1) is 6.92 Å². The second kappa shape index (κ2) is 6.52. The first-order valence-electron chi connectivity index (χ1n) is 7.79. The van der Waals surface area contributed by atoms with Crippen molar-refractivity contribution in [2.45, 2.75) is 17.8 Å². The van der Waals surface area contributed by atoms with E-state index in [1.54, 1.807) is 24.5 Å². The number of nitrogens with zero attached hydrogens (tertiary/aromatic N) is 4. The van der Waals surface area contributed by atoms with Crippen molar-refractivity contribution in [2.24, 2.45) is 0 Å². The molecule has 124 valence electrons. The number of aromatic amines is 1. The summed E-state index contributed by atoms with van der Waals surface area (Å²) in [6, 6.07) is 13.3. The van der Waals surface area contributed by atoms with Crippen molar-refractivity contribution in [2.75, 3.05) is 0 Å². The van der Waals surface area contributed by atoms with E-state index in [0.29, 0.717) is 22.3 Å². The molecule has 0 bridgehead atoms. The summed E-state index contributed by atoms with van der Waals surface area (Å²) in [5.74, 6) is 0.536. The van der Waals surface area contributed by atoms with E-state index < -0.39 is 0 Å². The highest BCUT2D eigenvalue weighted by Gasteiger charge is 2.14. The Labute approximate surface area is 148 Å². The van der Waals surface area contributed by atoms with Gasteiger partial charge in [-0.05, 0) is 18.6 Å². The lowest BCUT2D eigenvalue weighted by atomic mass is 10.1. The number of hydrogen-bond acceptors (Lipinski definition) is 5. The first-order valence-corrected chi connectivity index (χ1v) is 8.77. The molecule has 0 unspecified atom stereocenters. The smallest absolute Gasteiger partial charge is 0.272 e. The molecule has 7 heteroatoms. The summed E-state index contributed by atoms with van der Waals surface area (Å²) >= 11 is 1.46. The zero-order chi connectivity index (χ0) is 17.2. The van der Waals surface area contributed by atoms with Crippen molar-refractivity contribution in [1.29, 1.82) is 0 Å². The van der Waals surface area contributed by atoms with Gasteiger partial charge >= 0.3 is 0 Å². The predicted octanol–water partition coefficient (Wildman–Crippen LogP) is 3.08. The van der Waals surface area contributed by atoms with Crippen molar-refractivity contribution < 1.29 is 0 Å². The number of fused-ring (bicyclic) bond motifs is 1. The van der Waals surface area contributed by atoms with Crippen LogP contribution >= 0.6 is 11.8 Å². The molecule has 0 saturated carbocycles. The minimum Gasteiger partial charge on any atom is -0.293 e. The van der Waals surface area contributed by atoms with Crippen molar-refractivity contribution in [1.82, 2.24) is 24.6 Å². The highest BCUT2D eigenvalue weighted by molar-refractivity contribution is 7.98. The summed E-state index contributed by atoms with van der Waals surface area (Å²) in [6.07, 6.45) is 3.40.